The van der Waals surface area contributed by atoms with Gasteiger partial charge in [-0.15, -0.1) is 0 Å². The van der Waals surface area contributed by atoms with Crippen LogP contribution in [0.3, 0.4) is 0 Å². The molecule has 0 fully saturated rings. The molecule has 0 aliphatic heterocycles. The first kappa shape index (κ1) is 11.5. The summed E-state index contributed by atoms with van der Waals surface area (Å²) in [6.07, 6.45) is 1.52. The molecular formula is C10H8BrClFN3. The standard InChI is InChI=1S/C10H8BrClFN3/c1-5-9(12)6(2)16(15-5)10-8(13)3-7(11)4-14-10/h3-4H,1-2H3. The highest BCUT2D eigenvalue weighted by molar-refractivity contribution is 9.10. The van der Waals surface area contributed by atoms with Crippen LogP contribution in [0, 0.1) is 19.7 Å². The lowest BCUT2D eigenvalue weighted by Gasteiger charge is -2.04. The minimum atomic E-state index is -0.448. The molecule has 6 heteroatoms. The lowest BCUT2D eigenvalue weighted by atomic mass is 10.4. The maximum Gasteiger partial charge on any atom is 0.190 e. The van der Waals surface area contributed by atoms with E-state index in [2.05, 4.69) is 26.0 Å². The second-order valence-corrected chi connectivity index (χ2v) is 4.65. The topological polar surface area (TPSA) is 30.7 Å². The van der Waals surface area contributed by atoms with E-state index in [9.17, 15) is 4.39 Å². The molecule has 0 N–H and O–H groups in total. The van der Waals surface area contributed by atoms with Crippen molar-refractivity contribution in [3.8, 4) is 5.82 Å². The zero-order valence-electron chi connectivity index (χ0n) is 8.63. The van der Waals surface area contributed by atoms with Gasteiger partial charge < -0.3 is 0 Å². The largest absolute Gasteiger partial charge is 0.233 e. The monoisotopic (exact) mass is 303 g/mol. The third kappa shape index (κ3) is 1.85. The highest BCUT2D eigenvalue weighted by Crippen LogP contribution is 2.23. The van der Waals surface area contributed by atoms with E-state index in [0.717, 1.165) is 0 Å². The van der Waals surface area contributed by atoms with Crippen LogP contribution in [0.2, 0.25) is 5.02 Å². The first-order valence-electron chi connectivity index (χ1n) is 4.54. The van der Waals surface area contributed by atoms with Crippen molar-refractivity contribution in [3.05, 3.63) is 39.0 Å². The average Bonchev–Trinajstić information content (AvgIpc) is 2.46. The Kier molecular flexibility index (Phi) is 2.99. The van der Waals surface area contributed by atoms with Crippen molar-refractivity contribution in [3.63, 3.8) is 0 Å². The number of rotatable bonds is 1. The van der Waals surface area contributed by atoms with Gasteiger partial charge >= 0.3 is 0 Å². The summed E-state index contributed by atoms with van der Waals surface area (Å²) < 4.78 is 15.6. The lowest BCUT2D eigenvalue weighted by molar-refractivity contribution is 0.596. The van der Waals surface area contributed by atoms with Gasteiger partial charge in [-0.2, -0.15) is 5.10 Å². The van der Waals surface area contributed by atoms with Crippen molar-refractivity contribution >= 4 is 27.5 Å². The Bertz CT molecular complexity index is 553. The molecule has 84 valence electrons. The van der Waals surface area contributed by atoms with Gasteiger partial charge in [0, 0.05) is 10.7 Å². The van der Waals surface area contributed by atoms with Gasteiger partial charge in [0.1, 0.15) is 0 Å². The molecule has 0 saturated heterocycles. The predicted octanol–water partition coefficient (Wildman–Crippen LogP) is 3.44. The molecule has 0 aliphatic carbocycles. The summed E-state index contributed by atoms with van der Waals surface area (Å²) in [7, 11) is 0. The minimum absolute atomic E-state index is 0.149. The van der Waals surface area contributed by atoms with E-state index >= 15 is 0 Å². The number of hydrogen-bond acceptors (Lipinski definition) is 2. The fraction of sp³-hybridized carbons (Fsp3) is 0.200. The van der Waals surface area contributed by atoms with E-state index in [1.807, 2.05) is 0 Å². The van der Waals surface area contributed by atoms with Crippen LogP contribution in [0.1, 0.15) is 11.4 Å². The third-order valence-electron chi connectivity index (χ3n) is 2.19. The molecule has 3 nitrogen and oxygen atoms in total. The summed E-state index contributed by atoms with van der Waals surface area (Å²) in [5.74, 6) is -0.299. The van der Waals surface area contributed by atoms with Crippen molar-refractivity contribution in [2.24, 2.45) is 0 Å². The Labute approximate surface area is 105 Å². The first-order valence-corrected chi connectivity index (χ1v) is 5.71. The SMILES string of the molecule is Cc1nn(-c2ncc(Br)cc2F)c(C)c1Cl. The van der Waals surface area contributed by atoms with Gasteiger partial charge in [0.2, 0.25) is 0 Å². The molecule has 0 aromatic carbocycles. The molecule has 0 amide bonds. The van der Waals surface area contributed by atoms with E-state index in [0.29, 0.717) is 20.9 Å². The van der Waals surface area contributed by atoms with Crippen molar-refractivity contribution in [1.29, 1.82) is 0 Å². The van der Waals surface area contributed by atoms with Crippen LogP contribution in [0.5, 0.6) is 0 Å². The molecule has 0 aliphatic rings. The second-order valence-electron chi connectivity index (χ2n) is 3.36. The van der Waals surface area contributed by atoms with Crippen LogP contribution in [0.15, 0.2) is 16.7 Å². The highest BCUT2D eigenvalue weighted by Gasteiger charge is 2.14. The second kappa shape index (κ2) is 4.14. The smallest absolute Gasteiger partial charge is 0.190 e. The Morgan fingerprint density at radius 2 is 2.12 bits per heavy atom. The van der Waals surface area contributed by atoms with E-state index < -0.39 is 5.82 Å². The van der Waals surface area contributed by atoms with Gasteiger partial charge in [0.25, 0.3) is 0 Å². The quantitative estimate of drug-likeness (QED) is 0.808. The fourth-order valence-corrected chi connectivity index (χ4v) is 1.81. The third-order valence-corrected chi connectivity index (χ3v) is 3.17. The number of aryl methyl sites for hydroxylation is 1. The van der Waals surface area contributed by atoms with E-state index in [4.69, 9.17) is 11.6 Å². The summed E-state index contributed by atoms with van der Waals surface area (Å²) in [5, 5.41) is 4.67. The van der Waals surface area contributed by atoms with Crippen LogP contribution in [-0.4, -0.2) is 14.8 Å². The maximum absolute atomic E-state index is 13.7. The Hall–Kier alpha value is -0.940. The Morgan fingerprint density at radius 3 is 2.62 bits per heavy atom. The average molecular weight is 305 g/mol. The summed E-state index contributed by atoms with van der Waals surface area (Å²) in [6, 6.07) is 1.34. The van der Waals surface area contributed by atoms with Gasteiger partial charge in [-0.3, -0.25) is 0 Å². The van der Waals surface area contributed by atoms with Gasteiger partial charge in [-0.25, -0.2) is 14.1 Å². The summed E-state index contributed by atoms with van der Waals surface area (Å²) in [5.41, 5.74) is 1.33. The molecule has 0 radical (unpaired) electrons. The maximum atomic E-state index is 13.7. The normalized spacial score (nSPS) is 10.8. The first-order chi connectivity index (χ1) is 7.50. The number of nitrogens with zero attached hydrogens (tertiary/aromatic N) is 3. The predicted molar refractivity (Wildman–Crippen MR) is 63.5 cm³/mol. The summed E-state index contributed by atoms with van der Waals surface area (Å²) in [4.78, 5) is 3.98. The lowest BCUT2D eigenvalue weighted by Crippen LogP contribution is -2.04. The highest BCUT2D eigenvalue weighted by atomic mass is 79.9. The van der Waals surface area contributed by atoms with Gasteiger partial charge in [0.15, 0.2) is 11.6 Å². The summed E-state index contributed by atoms with van der Waals surface area (Å²) in [6.45, 7) is 3.54. The molecule has 2 aromatic heterocycles. The number of hydrogen-bond donors (Lipinski definition) is 0. The molecule has 2 heterocycles. The van der Waals surface area contributed by atoms with Gasteiger partial charge in [-0.05, 0) is 35.8 Å². The molecule has 0 saturated carbocycles. The van der Waals surface area contributed by atoms with E-state index in [1.165, 1.54) is 16.9 Å². The van der Waals surface area contributed by atoms with Crippen LogP contribution < -0.4 is 0 Å². The van der Waals surface area contributed by atoms with Crippen molar-refractivity contribution in [2.45, 2.75) is 13.8 Å². The molecule has 16 heavy (non-hydrogen) atoms. The van der Waals surface area contributed by atoms with Crippen LogP contribution >= 0.6 is 27.5 Å². The van der Waals surface area contributed by atoms with E-state index in [-0.39, 0.29) is 5.82 Å². The van der Waals surface area contributed by atoms with Crippen LogP contribution in [0.25, 0.3) is 5.82 Å². The molecule has 2 rings (SSSR count). The molecule has 0 bridgehead atoms. The fourth-order valence-electron chi connectivity index (χ4n) is 1.39. The number of aromatic nitrogens is 3. The Balaban J connectivity index is 2.63. The zero-order chi connectivity index (χ0) is 11.9. The van der Waals surface area contributed by atoms with Gasteiger partial charge in [0.05, 0.1) is 16.4 Å². The van der Waals surface area contributed by atoms with E-state index in [1.54, 1.807) is 13.8 Å². The van der Waals surface area contributed by atoms with Crippen molar-refractivity contribution in [2.75, 3.05) is 0 Å². The summed E-state index contributed by atoms with van der Waals surface area (Å²) >= 11 is 9.14. The molecular weight excluding hydrogens is 296 g/mol. The molecule has 0 atom stereocenters. The molecule has 0 spiro atoms. The van der Waals surface area contributed by atoms with Crippen molar-refractivity contribution in [1.82, 2.24) is 14.8 Å². The molecule has 2 aromatic rings. The number of halogens is 3. The van der Waals surface area contributed by atoms with Gasteiger partial charge in [-0.1, -0.05) is 11.6 Å². The van der Waals surface area contributed by atoms with Crippen LogP contribution in [0.4, 0.5) is 4.39 Å². The number of pyridine rings is 1. The van der Waals surface area contributed by atoms with Crippen LogP contribution in [-0.2, 0) is 0 Å². The molecule has 0 unspecified atom stereocenters. The zero-order valence-corrected chi connectivity index (χ0v) is 11.0. The minimum Gasteiger partial charge on any atom is -0.233 e. The Morgan fingerprint density at radius 1 is 1.44 bits per heavy atom. The van der Waals surface area contributed by atoms with Crippen molar-refractivity contribution < 1.29 is 4.39 Å².